The molecule has 0 aliphatic carbocycles. The van der Waals surface area contributed by atoms with Crippen molar-refractivity contribution in [3.8, 4) is 0 Å². The van der Waals surface area contributed by atoms with Crippen molar-refractivity contribution < 1.29 is 14.6 Å². The number of carbonyl (C=O) groups is 1. The number of rotatable bonds is 4. The molecule has 5 heteroatoms. The van der Waals surface area contributed by atoms with E-state index in [9.17, 15) is 4.79 Å². The van der Waals surface area contributed by atoms with Crippen LogP contribution in [0.4, 0.5) is 4.79 Å². The highest BCUT2D eigenvalue weighted by molar-refractivity contribution is 5.64. The zero-order chi connectivity index (χ0) is 13.8. The zero-order valence-corrected chi connectivity index (χ0v) is 11.6. The number of hydrogen-bond donors (Lipinski definition) is 3. The summed E-state index contributed by atoms with van der Waals surface area (Å²) in [6, 6.07) is -0.214. The van der Waals surface area contributed by atoms with E-state index in [0.29, 0.717) is 19.1 Å². The second kappa shape index (κ2) is 6.38. The summed E-state index contributed by atoms with van der Waals surface area (Å²) in [5.41, 5.74) is 5.76. The van der Waals surface area contributed by atoms with Crippen molar-refractivity contribution in [2.24, 2.45) is 23.0 Å². The van der Waals surface area contributed by atoms with Crippen molar-refractivity contribution in [1.29, 1.82) is 0 Å². The van der Waals surface area contributed by atoms with Crippen molar-refractivity contribution >= 4 is 6.09 Å². The summed E-state index contributed by atoms with van der Waals surface area (Å²) in [5.74, 6) is 0.568. The maximum absolute atomic E-state index is 10.9. The third-order valence-corrected chi connectivity index (χ3v) is 3.70. The normalized spacial score (nSPS) is 24.3. The zero-order valence-electron chi connectivity index (χ0n) is 11.6. The van der Waals surface area contributed by atoms with E-state index < -0.39 is 6.09 Å². The van der Waals surface area contributed by atoms with Gasteiger partial charge >= 0.3 is 6.09 Å². The SMILES string of the molecule is CC(C)(C)[C@@H](C(CN)NC(=O)O)[C@H]1CCCOC1. The number of nitrogens with one attached hydrogen (secondary N) is 1. The van der Waals surface area contributed by atoms with E-state index >= 15 is 0 Å². The molecular formula is C13H26N2O3. The van der Waals surface area contributed by atoms with Gasteiger partial charge in [0.05, 0.1) is 0 Å². The topological polar surface area (TPSA) is 84.6 Å². The van der Waals surface area contributed by atoms with Crippen molar-refractivity contribution in [2.45, 2.75) is 39.7 Å². The van der Waals surface area contributed by atoms with Gasteiger partial charge < -0.3 is 20.9 Å². The van der Waals surface area contributed by atoms with E-state index in [0.717, 1.165) is 19.4 Å². The van der Waals surface area contributed by atoms with E-state index in [1.54, 1.807) is 0 Å². The fourth-order valence-electron chi connectivity index (χ4n) is 3.14. The molecule has 106 valence electrons. The second-order valence-corrected chi connectivity index (χ2v) is 6.16. The average Bonchev–Trinajstić information content (AvgIpc) is 2.27. The van der Waals surface area contributed by atoms with E-state index in [2.05, 4.69) is 26.1 Å². The molecule has 3 atom stereocenters. The predicted molar refractivity (Wildman–Crippen MR) is 70.5 cm³/mol. The molecule has 0 bridgehead atoms. The Morgan fingerprint density at radius 3 is 2.61 bits per heavy atom. The second-order valence-electron chi connectivity index (χ2n) is 6.16. The fraction of sp³-hybridized carbons (Fsp3) is 0.923. The summed E-state index contributed by atoms with van der Waals surface area (Å²) in [7, 11) is 0. The first-order valence-electron chi connectivity index (χ1n) is 6.63. The Hall–Kier alpha value is -0.810. The molecule has 0 spiro atoms. The highest BCUT2D eigenvalue weighted by Crippen LogP contribution is 2.38. The Labute approximate surface area is 109 Å². The minimum absolute atomic E-state index is 0.00213. The van der Waals surface area contributed by atoms with Crippen LogP contribution >= 0.6 is 0 Å². The van der Waals surface area contributed by atoms with Crippen LogP contribution in [0, 0.1) is 17.3 Å². The first-order chi connectivity index (χ1) is 8.36. The van der Waals surface area contributed by atoms with Crippen LogP contribution in [0.15, 0.2) is 0 Å². The molecule has 0 radical (unpaired) electrons. The summed E-state index contributed by atoms with van der Waals surface area (Å²) in [6.07, 6.45) is 1.12. The molecule has 1 fully saturated rings. The van der Waals surface area contributed by atoms with Crippen molar-refractivity contribution in [1.82, 2.24) is 5.32 Å². The number of ether oxygens (including phenoxy) is 1. The van der Waals surface area contributed by atoms with Gasteiger partial charge in [0.1, 0.15) is 0 Å². The van der Waals surface area contributed by atoms with Crippen LogP contribution in [0.25, 0.3) is 0 Å². The van der Waals surface area contributed by atoms with Crippen LogP contribution in [0.3, 0.4) is 0 Å². The van der Waals surface area contributed by atoms with E-state index in [1.807, 2.05) is 0 Å². The van der Waals surface area contributed by atoms with Gasteiger partial charge in [-0.15, -0.1) is 0 Å². The molecule has 1 aliphatic rings. The number of amides is 1. The summed E-state index contributed by atoms with van der Waals surface area (Å²) in [6.45, 7) is 8.26. The van der Waals surface area contributed by atoms with E-state index in [1.165, 1.54) is 0 Å². The van der Waals surface area contributed by atoms with Gasteiger partial charge in [-0.2, -0.15) is 0 Å². The van der Waals surface area contributed by atoms with E-state index in [4.69, 9.17) is 15.6 Å². The van der Waals surface area contributed by atoms with Crippen LogP contribution in [0.5, 0.6) is 0 Å². The lowest BCUT2D eigenvalue weighted by molar-refractivity contribution is -0.00958. The minimum atomic E-state index is -1.00. The lowest BCUT2D eigenvalue weighted by atomic mass is 9.67. The van der Waals surface area contributed by atoms with Crippen LogP contribution in [0.1, 0.15) is 33.6 Å². The molecule has 0 aromatic rings. The van der Waals surface area contributed by atoms with Gasteiger partial charge in [0, 0.05) is 25.8 Å². The number of carboxylic acid groups (broad SMARTS) is 1. The Kier molecular flexibility index (Phi) is 5.41. The summed E-state index contributed by atoms with van der Waals surface area (Å²) in [5, 5.41) is 11.5. The summed E-state index contributed by atoms with van der Waals surface area (Å²) < 4.78 is 5.54. The van der Waals surface area contributed by atoms with Gasteiger partial charge in [0.15, 0.2) is 0 Å². The third kappa shape index (κ3) is 4.14. The van der Waals surface area contributed by atoms with Crippen molar-refractivity contribution in [3.05, 3.63) is 0 Å². The molecule has 5 nitrogen and oxygen atoms in total. The van der Waals surface area contributed by atoms with Gasteiger partial charge in [-0.25, -0.2) is 4.79 Å². The summed E-state index contributed by atoms with van der Waals surface area (Å²) >= 11 is 0. The smallest absolute Gasteiger partial charge is 0.404 e. The number of nitrogens with two attached hydrogens (primary N) is 1. The van der Waals surface area contributed by atoms with Crippen LogP contribution < -0.4 is 11.1 Å². The molecule has 1 saturated heterocycles. The predicted octanol–water partition coefficient (Wildman–Crippen LogP) is 1.67. The molecule has 0 saturated carbocycles. The Morgan fingerprint density at radius 2 is 2.22 bits per heavy atom. The Bertz CT molecular complexity index is 270. The van der Waals surface area contributed by atoms with Crippen LogP contribution in [0.2, 0.25) is 0 Å². The molecule has 1 amide bonds. The van der Waals surface area contributed by atoms with Crippen LogP contribution in [-0.4, -0.2) is 37.0 Å². The molecule has 1 unspecified atom stereocenters. The first kappa shape index (κ1) is 15.2. The van der Waals surface area contributed by atoms with Gasteiger partial charge in [-0.05, 0) is 30.1 Å². The Balaban J connectivity index is 2.84. The van der Waals surface area contributed by atoms with Crippen molar-refractivity contribution in [2.75, 3.05) is 19.8 Å². The maximum atomic E-state index is 10.9. The molecular weight excluding hydrogens is 232 g/mol. The molecule has 18 heavy (non-hydrogen) atoms. The first-order valence-corrected chi connectivity index (χ1v) is 6.63. The van der Waals surface area contributed by atoms with Gasteiger partial charge in [0.25, 0.3) is 0 Å². The van der Waals surface area contributed by atoms with Gasteiger partial charge in [-0.3, -0.25) is 0 Å². The minimum Gasteiger partial charge on any atom is -0.465 e. The molecule has 1 rings (SSSR count). The molecule has 0 aromatic heterocycles. The fourth-order valence-corrected chi connectivity index (χ4v) is 3.14. The summed E-state index contributed by atoms with van der Waals surface area (Å²) in [4.78, 5) is 10.9. The largest absolute Gasteiger partial charge is 0.465 e. The molecule has 1 aliphatic heterocycles. The van der Waals surface area contributed by atoms with Crippen molar-refractivity contribution in [3.63, 3.8) is 0 Å². The average molecular weight is 258 g/mol. The lowest BCUT2D eigenvalue weighted by Gasteiger charge is -2.43. The number of hydrogen-bond acceptors (Lipinski definition) is 3. The standard InChI is InChI=1S/C13H26N2O3/c1-13(2,3)11(9-5-4-6-18-8-9)10(7-14)15-12(16)17/h9-11,15H,4-8,14H2,1-3H3,(H,16,17)/t9-,10?,11+/m0/s1. The van der Waals surface area contributed by atoms with E-state index in [-0.39, 0.29) is 17.4 Å². The Morgan fingerprint density at radius 1 is 1.56 bits per heavy atom. The van der Waals surface area contributed by atoms with Crippen LogP contribution in [-0.2, 0) is 4.74 Å². The highest BCUT2D eigenvalue weighted by atomic mass is 16.5. The quantitative estimate of drug-likeness (QED) is 0.716. The molecule has 4 N–H and O–H groups in total. The lowest BCUT2D eigenvalue weighted by Crippen LogP contribution is -2.52. The van der Waals surface area contributed by atoms with Gasteiger partial charge in [-0.1, -0.05) is 20.8 Å². The maximum Gasteiger partial charge on any atom is 0.404 e. The molecule has 0 aromatic carbocycles. The highest BCUT2D eigenvalue weighted by Gasteiger charge is 2.39. The van der Waals surface area contributed by atoms with Gasteiger partial charge in [0.2, 0.25) is 0 Å². The third-order valence-electron chi connectivity index (χ3n) is 3.70. The monoisotopic (exact) mass is 258 g/mol. The molecule has 1 heterocycles.